The van der Waals surface area contributed by atoms with E-state index in [1.54, 1.807) is 12.1 Å². The van der Waals surface area contributed by atoms with Crippen LogP contribution in [0.3, 0.4) is 0 Å². The second-order valence-corrected chi connectivity index (χ2v) is 4.96. The van der Waals surface area contributed by atoms with Crippen LogP contribution in [0.2, 0.25) is 5.02 Å². The quantitative estimate of drug-likeness (QED) is 0.736. The van der Waals surface area contributed by atoms with Crippen molar-refractivity contribution in [3.63, 3.8) is 0 Å². The van der Waals surface area contributed by atoms with E-state index in [4.69, 9.17) is 17.3 Å². The summed E-state index contributed by atoms with van der Waals surface area (Å²) < 4.78 is 14.0. The number of nitrogens with two attached hydrogens (primary N) is 1. The van der Waals surface area contributed by atoms with Crippen LogP contribution < -0.4 is 5.73 Å². The zero-order valence-corrected chi connectivity index (χ0v) is 11.4. The SMILES string of the molecule is Cc1ccc2nc(-c3cccc(Cl)c3F)nc(N)c2c1. The van der Waals surface area contributed by atoms with Gasteiger partial charge >= 0.3 is 0 Å². The van der Waals surface area contributed by atoms with E-state index in [9.17, 15) is 4.39 Å². The third-order valence-electron chi connectivity index (χ3n) is 3.07. The Morgan fingerprint density at radius 2 is 1.95 bits per heavy atom. The summed E-state index contributed by atoms with van der Waals surface area (Å²) in [6.45, 7) is 1.96. The molecule has 0 radical (unpaired) electrons. The van der Waals surface area contributed by atoms with E-state index in [2.05, 4.69) is 9.97 Å². The molecule has 0 amide bonds. The van der Waals surface area contributed by atoms with Crippen molar-refractivity contribution in [3.05, 3.63) is 52.8 Å². The summed E-state index contributed by atoms with van der Waals surface area (Å²) in [6.07, 6.45) is 0. The highest BCUT2D eigenvalue weighted by Gasteiger charge is 2.13. The van der Waals surface area contributed by atoms with Crippen molar-refractivity contribution in [1.82, 2.24) is 9.97 Å². The number of hydrogen-bond donors (Lipinski definition) is 1. The van der Waals surface area contributed by atoms with Gasteiger partial charge in [0.1, 0.15) is 5.82 Å². The molecule has 0 unspecified atom stereocenters. The van der Waals surface area contributed by atoms with E-state index in [0.29, 0.717) is 11.3 Å². The molecule has 2 aromatic carbocycles. The summed E-state index contributed by atoms with van der Waals surface area (Å²) in [4.78, 5) is 8.54. The number of rotatable bonds is 1. The fourth-order valence-corrected chi connectivity index (χ4v) is 2.24. The zero-order chi connectivity index (χ0) is 14.3. The number of aromatic nitrogens is 2. The molecule has 3 nitrogen and oxygen atoms in total. The Bertz CT molecular complexity index is 818. The molecular weight excluding hydrogens is 277 g/mol. The average molecular weight is 288 g/mol. The van der Waals surface area contributed by atoms with E-state index in [0.717, 1.165) is 10.9 Å². The third-order valence-corrected chi connectivity index (χ3v) is 3.37. The lowest BCUT2D eigenvalue weighted by Gasteiger charge is -2.07. The van der Waals surface area contributed by atoms with Crippen molar-refractivity contribution >= 4 is 28.3 Å². The molecule has 0 saturated heterocycles. The second-order valence-electron chi connectivity index (χ2n) is 4.55. The molecule has 0 aliphatic rings. The fourth-order valence-electron chi connectivity index (χ4n) is 2.06. The van der Waals surface area contributed by atoms with Gasteiger partial charge in [-0.15, -0.1) is 0 Å². The predicted octanol–water partition coefficient (Wildman–Crippen LogP) is 3.98. The van der Waals surface area contributed by atoms with Crippen molar-refractivity contribution in [2.24, 2.45) is 0 Å². The first-order valence-corrected chi connectivity index (χ1v) is 6.42. The average Bonchev–Trinajstić information content (AvgIpc) is 2.42. The highest BCUT2D eigenvalue weighted by molar-refractivity contribution is 6.31. The number of hydrogen-bond acceptors (Lipinski definition) is 3. The molecule has 0 aliphatic heterocycles. The van der Waals surface area contributed by atoms with Gasteiger partial charge in [-0.2, -0.15) is 0 Å². The standard InChI is InChI=1S/C15H11ClFN3/c1-8-5-6-12-10(7-8)14(18)20-15(19-12)9-3-2-4-11(16)13(9)17/h2-7H,1H3,(H2,18,19,20). The van der Waals surface area contributed by atoms with Crippen molar-refractivity contribution in [2.45, 2.75) is 6.92 Å². The van der Waals surface area contributed by atoms with Gasteiger partial charge in [-0.3, -0.25) is 0 Å². The van der Waals surface area contributed by atoms with Crippen LogP contribution in [0.15, 0.2) is 36.4 Å². The highest BCUT2D eigenvalue weighted by Crippen LogP contribution is 2.28. The molecule has 1 heterocycles. The van der Waals surface area contributed by atoms with E-state index in [-0.39, 0.29) is 16.4 Å². The Labute approximate surface area is 120 Å². The summed E-state index contributed by atoms with van der Waals surface area (Å²) >= 11 is 5.78. The lowest BCUT2D eigenvalue weighted by Crippen LogP contribution is -1.99. The minimum Gasteiger partial charge on any atom is -0.383 e. The van der Waals surface area contributed by atoms with Crippen LogP contribution in [-0.4, -0.2) is 9.97 Å². The smallest absolute Gasteiger partial charge is 0.165 e. The van der Waals surface area contributed by atoms with Gasteiger partial charge in [0.2, 0.25) is 0 Å². The van der Waals surface area contributed by atoms with Gasteiger partial charge in [0, 0.05) is 5.39 Å². The molecule has 0 saturated carbocycles. The number of nitrogens with zero attached hydrogens (tertiary/aromatic N) is 2. The molecule has 0 fully saturated rings. The lowest BCUT2D eigenvalue weighted by atomic mass is 10.1. The predicted molar refractivity (Wildman–Crippen MR) is 79.1 cm³/mol. The Kier molecular flexibility index (Phi) is 3.03. The Balaban J connectivity index is 2.28. The molecule has 2 N–H and O–H groups in total. The second kappa shape index (κ2) is 4.72. The first-order chi connectivity index (χ1) is 9.56. The summed E-state index contributed by atoms with van der Waals surface area (Å²) in [5, 5.41) is 0.796. The minimum atomic E-state index is -0.542. The topological polar surface area (TPSA) is 51.8 Å². The lowest BCUT2D eigenvalue weighted by molar-refractivity contribution is 0.630. The maximum Gasteiger partial charge on any atom is 0.165 e. The molecule has 0 bridgehead atoms. The van der Waals surface area contributed by atoms with Gasteiger partial charge in [-0.1, -0.05) is 29.3 Å². The fraction of sp³-hybridized carbons (Fsp3) is 0.0667. The molecule has 0 aliphatic carbocycles. The monoisotopic (exact) mass is 287 g/mol. The van der Waals surface area contributed by atoms with Gasteiger partial charge in [0.15, 0.2) is 11.6 Å². The summed E-state index contributed by atoms with van der Waals surface area (Å²) in [5.41, 5.74) is 7.93. The summed E-state index contributed by atoms with van der Waals surface area (Å²) in [6, 6.07) is 10.4. The minimum absolute atomic E-state index is 0.0358. The van der Waals surface area contributed by atoms with E-state index in [1.165, 1.54) is 6.07 Å². The Hall–Kier alpha value is -2.20. The van der Waals surface area contributed by atoms with Crippen molar-refractivity contribution in [2.75, 3.05) is 5.73 Å². The van der Waals surface area contributed by atoms with Crippen LogP contribution in [0.5, 0.6) is 0 Å². The van der Waals surface area contributed by atoms with Crippen LogP contribution in [0.4, 0.5) is 10.2 Å². The van der Waals surface area contributed by atoms with Crippen LogP contribution in [-0.2, 0) is 0 Å². The van der Waals surface area contributed by atoms with Gasteiger partial charge in [-0.25, -0.2) is 14.4 Å². The maximum absolute atomic E-state index is 14.0. The highest BCUT2D eigenvalue weighted by atomic mass is 35.5. The molecule has 3 rings (SSSR count). The summed E-state index contributed by atoms with van der Waals surface area (Å²) in [7, 11) is 0. The molecule has 5 heteroatoms. The molecule has 0 atom stereocenters. The third kappa shape index (κ3) is 2.08. The van der Waals surface area contributed by atoms with E-state index >= 15 is 0 Å². The van der Waals surface area contributed by atoms with Gasteiger partial charge in [0.25, 0.3) is 0 Å². The molecule has 20 heavy (non-hydrogen) atoms. The largest absolute Gasteiger partial charge is 0.383 e. The number of anilines is 1. The van der Waals surface area contributed by atoms with Gasteiger partial charge in [0.05, 0.1) is 16.1 Å². The number of fused-ring (bicyclic) bond motifs is 1. The van der Waals surface area contributed by atoms with Crippen LogP contribution in [0.1, 0.15) is 5.56 Å². The number of benzene rings is 2. The van der Waals surface area contributed by atoms with Crippen LogP contribution in [0.25, 0.3) is 22.3 Å². The Morgan fingerprint density at radius 1 is 1.15 bits per heavy atom. The Morgan fingerprint density at radius 3 is 2.75 bits per heavy atom. The molecule has 0 spiro atoms. The van der Waals surface area contributed by atoms with Crippen LogP contribution in [0, 0.1) is 12.7 Å². The normalized spacial score (nSPS) is 10.9. The van der Waals surface area contributed by atoms with Gasteiger partial charge in [-0.05, 0) is 31.2 Å². The first-order valence-electron chi connectivity index (χ1n) is 6.04. The first kappa shape index (κ1) is 12.8. The number of nitrogen functional groups attached to an aromatic ring is 1. The van der Waals surface area contributed by atoms with Crippen molar-refractivity contribution in [3.8, 4) is 11.4 Å². The zero-order valence-electron chi connectivity index (χ0n) is 10.7. The number of halogens is 2. The maximum atomic E-state index is 14.0. The number of aryl methyl sites for hydroxylation is 1. The van der Waals surface area contributed by atoms with Crippen molar-refractivity contribution < 1.29 is 4.39 Å². The molecule has 3 aromatic rings. The van der Waals surface area contributed by atoms with Gasteiger partial charge < -0.3 is 5.73 Å². The summed E-state index contributed by atoms with van der Waals surface area (Å²) in [5.74, 6) is 0.0203. The molecule has 1 aromatic heterocycles. The van der Waals surface area contributed by atoms with Crippen molar-refractivity contribution in [1.29, 1.82) is 0 Å². The van der Waals surface area contributed by atoms with Crippen LogP contribution >= 0.6 is 11.6 Å². The van der Waals surface area contributed by atoms with E-state index < -0.39 is 5.82 Å². The molecule has 100 valence electrons. The molecular formula is C15H11ClFN3. The van der Waals surface area contributed by atoms with E-state index in [1.807, 2.05) is 25.1 Å².